The third-order valence-electron chi connectivity index (χ3n) is 2.28. The summed E-state index contributed by atoms with van der Waals surface area (Å²) in [7, 11) is 0. The van der Waals surface area contributed by atoms with Gasteiger partial charge >= 0.3 is 0 Å². The summed E-state index contributed by atoms with van der Waals surface area (Å²) in [5.74, 6) is 0. The molecule has 2 heteroatoms. The van der Waals surface area contributed by atoms with Crippen LogP contribution in [0.2, 0.25) is 0 Å². The lowest BCUT2D eigenvalue weighted by molar-refractivity contribution is 0.0622. The van der Waals surface area contributed by atoms with Crippen LogP contribution >= 0.6 is 15.9 Å². The largest absolute Gasteiger partial charge is 0.373 e. The highest BCUT2D eigenvalue weighted by atomic mass is 79.9. The second-order valence-corrected chi connectivity index (χ2v) is 4.56. The maximum atomic E-state index is 5.68. The zero-order valence-corrected chi connectivity index (χ0v) is 9.11. The van der Waals surface area contributed by atoms with E-state index in [0.717, 1.165) is 4.48 Å². The lowest BCUT2D eigenvalue weighted by Crippen LogP contribution is -2.12. The van der Waals surface area contributed by atoms with Crippen molar-refractivity contribution in [2.24, 2.45) is 0 Å². The molecule has 0 N–H and O–H groups in total. The number of halogens is 1. The molecule has 0 aromatic carbocycles. The van der Waals surface area contributed by atoms with Crippen LogP contribution < -0.4 is 0 Å². The average molecular weight is 233 g/mol. The molecule has 1 nitrogen and oxygen atoms in total. The molecule has 0 unspecified atom stereocenters. The number of ether oxygens (including phenoxy) is 1. The van der Waals surface area contributed by atoms with Gasteiger partial charge in [0.15, 0.2) is 0 Å². The molecule has 1 fully saturated rings. The van der Waals surface area contributed by atoms with Crippen molar-refractivity contribution >= 4 is 15.9 Å². The highest BCUT2D eigenvalue weighted by molar-refractivity contribution is 9.11. The molecule has 0 amide bonds. The zero-order chi connectivity index (χ0) is 8.81. The van der Waals surface area contributed by atoms with Gasteiger partial charge in [-0.1, -0.05) is 48.2 Å². The van der Waals surface area contributed by atoms with Gasteiger partial charge in [0, 0.05) is 4.48 Å². The lowest BCUT2D eigenvalue weighted by Gasteiger charge is -2.14. The lowest BCUT2D eigenvalue weighted by atomic mass is 10.1. The Bertz CT molecular complexity index is 137. The summed E-state index contributed by atoms with van der Waals surface area (Å²) >= 11 is 3.30. The van der Waals surface area contributed by atoms with Gasteiger partial charge in [0.05, 0.1) is 12.7 Å². The predicted molar refractivity (Wildman–Crippen MR) is 55.5 cm³/mol. The Labute approximate surface area is 83.3 Å². The molecule has 70 valence electrons. The van der Waals surface area contributed by atoms with Crippen molar-refractivity contribution in [2.75, 3.05) is 6.61 Å². The first-order valence-corrected chi connectivity index (χ1v) is 5.53. The van der Waals surface area contributed by atoms with Crippen LogP contribution in [-0.4, -0.2) is 12.7 Å². The summed E-state index contributed by atoms with van der Waals surface area (Å²) in [4.78, 5) is 0. The molecular formula is C10H17BrO. The zero-order valence-electron chi connectivity index (χ0n) is 7.52. The Morgan fingerprint density at radius 1 is 1.25 bits per heavy atom. The van der Waals surface area contributed by atoms with Gasteiger partial charge in [-0.05, 0) is 12.8 Å². The van der Waals surface area contributed by atoms with Crippen molar-refractivity contribution in [1.82, 2.24) is 0 Å². The molecule has 0 aromatic rings. The van der Waals surface area contributed by atoms with E-state index < -0.39 is 0 Å². The Morgan fingerprint density at radius 3 is 2.33 bits per heavy atom. The minimum atomic E-state index is 0.488. The minimum Gasteiger partial charge on any atom is -0.373 e. The molecule has 0 radical (unpaired) electrons. The van der Waals surface area contributed by atoms with Crippen molar-refractivity contribution in [1.29, 1.82) is 0 Å². The van der Waals surface area contributed by atoms with Crippen LogP contribution in [-0.2, 0) is 4.74 Å². The quantitative estimate of drug-likeness (QED) is 0.676. The van der Waals surface area contributed by atoms with E-state index in [1.54, 1.807) is 0 Å². The van der Waals surface area contributed by atoms with Crippen molar-refractivity contribution in [3.63, 3.8) is 0 Å². The number of rotatable bonds is 3. The molecule has 0 aliphatic heterocycles. The summed E-state index contributed by atoms with van der Waals surface area (Å²) in [6.45, 7) is 4.43. The van der Waals surface area contributed by atoms with Crippen molar-refractivity contribution in [3.05, 3.63) is 11.1 Å². The fourth-order valence-electron chi connectivity index (χ4n) is 1.62. The van der Waals surface area contributed by atoms with Crippen LogP contribution in [0.3, 0.4) is 0 Å². The molecule has 1 saturated carbocycles. The van der Waals surface area contributed by atoms with Crippen LogP contribution in [0.4, 0.5) is 0 Å². The van der Waals surface area contributed by atoms with Crippen LogP contribution in [0.1, 0.15) is 38.5 Å². The molecular weight excluding hydrogens is 216 g/mol. The van der Waals surface area contributed by atoms with Crippen LogP contribution in [0.5, 0.6) is 0 Å². The van der Waals surface area contributed by atoms with Crippen LogP contribution in [0.15, 0.2) is 11.1 Å². The normalized spacial score (nSPS) is 20.4. The summed E-state index contributed by atoms with van der Waals surface area (Å²) < 4.78 is 6.63. The Morgan fingerprint density at radius 2 is 1.83 bits per heavy atom. The first-order valence-electron chi connectivity index (χ1n) is 4.74. The topological polar surface area (TPSA) is 9.23 Å². The second kappa shape index (κ2) is 5.76. The van der Waals surface area contributed by atoms with E-state index >= 15 is 0 Å². The molecule has 0 spiro atoms. The fourth-order valence-corrected chi connectivity index (χ4v) is 1.75. The molecule has 0 heterocycles. The maximum absolute atomic E-state index is 5.68. The summed E-state index contributed by atoms with van der Waals surface area (Å²) in [6.07, 6.45) is 8.39. The van der Waals surface area contributed by atoms with Crippen LogP contribution in [0, 0.1) is 0 Å². The van der Waals surface area contributed by atoms with E-state index in [9.17, 15) is 0 Å². The monoisotopic (exact) mass is 232 g/mol. The van der Waals surface area contributed by atoms with E-state index in [1.165, 1.54) is 38.5 Å². The van der Waals surface area contributed by atoms with E-state index in [0.29, 0.717) is 12.7 Å². The third-order valence-corrected chi connectivity index (χ3v) is 2.51. The molecule has 0 atom stereocenters. The van der Waals surface area contributed by atoms with Crippen LogP contribution in [0.25, 0.3) is 0 Å². The summed E-state index contributed by atoms with van der Waals surface area (Å²) in [5.41, 5.74) is 0. The highest BCUT2D eigenvalue weighted by Gasteiger charge is 2.11. The smallest absolute Gasteiger partial charge is 0.0779 e. The second-order valence-electron chi connectivity index (χ2n) is 3.44. The molecule has 1 rings (SSSR count). The Hall–Kier alpha value is 0.180. The van der Waals surface area contributed by atoms with Crippen molar-refractivity contribution in [3.8, 4) is 0 Å². The van der Waals surface area contributed by atoms with Gasteiger partial charge in [-0.3, -0.25) is 0 Å². The molecule has 12 heavy (non-hydrogen) atoms. The SMILES string of the molecule is C=C(Br)COC1CCCCCC1. The van der Waals surface area contributed by atoms with E-state index in [1.807, 2.05) is 0 Å². The molecule has 0 bridgehead atoms. The first kappa shape index (κ1) is 10.3. The van der Waals surface area contributed by atoms with Gasteiger partial charge in [-0.25, -0.2) is 0 Å². The molecule has 0 aromatic heterocycles. The van der Waals surface area contributed by atoms with Crippen molar-refractivity contribution in [2.45, 2.75) is 44.6 Å². The van der Waals surface area contributed by atoms with Gasteiger partial charge in [0.1, 0.15) is 0 Å². The third kappa shape index (κ3) is 4.27. The van der Waals surface area contributed by atoms with Gasteiger partial charge in [0.2, 0.25) is 0 Å². The highest BCUT2D eigenvalue weighted by Crippen LogP contribution is 2.20. The predicted octanol–water partition coefficient (Wildman–Crippen LogP) is 3.63. The van der Waals surface area contributed by atoms with Crippen molar-refractivity contribution < 1.29 is 4.74 Å². The molecule has 1 aliphatic carbocycles. The van der Waals surface area contributed by atoms with E-state index in [-0.39, 0.29) is 0 Å². The summed E-state index contributed by atoms with van der Waals surface area (Å²) in [5, 5.41) is 0. The van der Waals surface area contributed by atoms with Gasteiger partial charge in [-0.2, -0.15) is 0 Å². The Kier molecular flexibility index (Phi) is 4.93. The van der Waals surface area contributed by atoms with Gasteiger partial charge < -0.3 is 4.74 Å². The molecule has 0 saturated heterocycles. The van der Waals surface area contributed by atoms with E-state index in [2.05, 4.69) is 22.5 Å². The fraction of sp³-hybridized carbons (Fsp3) is 0.800. The minimum absolute atomic E-state index is 0.488. The standard InChI is InChI=1S/C10H17BrO/c1-9(11)8-12-10-6-4-2-3-5-7-10/h10H,1-8H2. The van der Waals surface area contributed by atoms with Gasteiger partial charge in [-0.15, -0.1) is 0 Å². The number of hydrogen-bond donors (Lipinski definition) is 0. The van der Waals surface area contributed by atoms with Gasteiger partial charge in [0.25, 0.3) is 0 Å². The Balaban J connectivity index is 2.16. The maximum Gasteiger partial charge on any atom is 0.0779 e. The molecule has 1 aliphatic rings. The average Bonchev–Trinajstić information content (AvgIpc) is 2.28. The number of hydrogen-bond acceptors (Lipinski definition) is 1. The van der Waals surface area contributed by atoms with E-state index in [4.69, 9.17) is 4.74 Å². The first-order chi connectivity index (χ1) is 5.79. The summed E-state index contributed by atoms with van der Waals surface area (Å²) in [6, 6.07) is 0.